The molecular formula is C14H19NO4P+. The smallest absolute Gasteiger partial charge is 0.394 e. The summed E-state index contributed by atoms with van der Waals surface area (Å²) in [6.07, 6.45) is -0.112. The highest BCUT2D eigenvalue weighted by Crippen LogP contribution is 2.25. The second-order valence-electron chi connectivity index (χ2n) is 4.41. The Morgan fingerprint density at radius 3 is 2.55 bits per heavy atom. The highest BCUT2D eigenvalue weighted by molar-refractivity contribution is 7.39. The first-order valence-corrected chi connectivity index (χ1v) is 7.90. The molecule has 0 aliphatic rings. The van der Waals surface area contributed by atoms with Gasteiger partial charge in [0, 0.05) is 6.92 Å². The molecule has 5 nitrogen and oxygen atoms in total. The molecule has 108 valence electrons. The van der Waals surface area contributed by atoms with Crippen LogP contribution in [0.15, 0.2) is 30.3 Å². The van der Waals surface area contributed by atoms with Gasteiger partial charge in [-0.05, 0) is 26.0 Å². The predicted molar refractivity (Wildman–Crippen MR) is 78.9 cm³/mol. The Morgan fingerprint density at radius 1 is 1.30 bits per heavy atom. The lowest BCUT2D eigenvalue weighted by Gasteiger charge is -2.04. The minimum Gasteiger partial charge on any atom is -0.457 e. The molecule has 0 bridgehead atoms. The highest BCUT2D eigenvalue weighted by atomic mass is 31.1. The molecule has 1 rings (SSSR count). The lowest BCUT2D eigenvalue weighted by molar-refractivity contribution is -0.147. The maximum Gasteiger partial charge on any atom is 0.394 e. The van der Waals surface area contributed by atoms with E-state index in [1.165, 1.54) is 0 Å². The second-order valence-corrected chi connectivity index (χ2v) is 5.71. The van der Waals surface area contributed by atoms with E-state index in [0.717, 1.165) is 0 Å². The third-order valence-corrected chi connectivity index (χ3v) is 3.09. The number of para-hydroxylation sites is 1. The van der Waals surface area contributed by atoms with Gasteiger partial charge in [0.2, 0.25) is 0 Å². The maximum atomic E-state index is 11.7. The van der Waals surface area contributed by atoms with Crippen LogP contribution >= 0.6 is 8.03 Å². The van der Waals surface area contributed by atoms with Crippen molar-refractivity contribution >= 4 is 14.0 Å². The highest BCUT2D eigenvalue weighted by Gasteiger charge is 2.23. The molecule has 0 heterocycles. The molecular weight excluding hydrogens is 277 g/mol. The Balaban J connectivity index is 2.41. The van der Waals surface area contributed by atoms with Crippen LogP contribution in [0.2, 0.25) is 0 Å². The van der Waals surface area contributed by atoms with Crippen molar-refractivity contribution in [1.29, 1.82) is 0 Å². The first-order valence-electron chi connectivity index (χ1n) is 6.38. The van der Waals surface area contributed by atoms with Crippen LogP contribution in [0.5, 0.6) is 5.75 Å². The molecule has 1 unspecified atom stereocenters. The fraction of sp³-hybridized carbons (Fsp3) is 0.429. The third kappa shape index (κ3) is 6.40. The average molecular weight is 296 g/mol. The first kappa shape index (κ1) is 16.3. The van der Waals surface area contributed by atoms with E-state index in [1.54, 1.807) is 45.0 Å². The predicted octanol–water partition coefficient (Wildman–Crippen LogP) is 3.21. The normalized spacial score (nSPS) is 13.0. The van der Waals surface area contributed by atoms with Crippen molar-refractivity contribution < 1.29 is 18.6 Å². The van der Waals surface area contributed by atoms with Gasteiger partial charge in [-0.1, -0.05) is 23.0 Å². The number of benzene rings is 1. The van der Waals surface area contributed by atoms with Crippen LogP contribution in [0.1, 0.15) is 20.8 Å². The van der Waals surface area contributed by atoms with Crippen molar-refractivity contribution in [1.82, 2.24) is 0 Å². The molecule has 0 amide bonds. The van der Waals surface area contributed by atoms with Crippen LogP contribution in [0.3, 0.4) is 0 Å². The van der Waals surface area contributed by atoms with Crippen LogP contribution in [0, 0.1) is 6.07 Å². The lowest BCUT2D eigenvalue weighted by Crippen LogP contribution is -2.20. The topological polar surface area (TPSA) is 57.0 Å². The summed E-state index contributed by atoms with van der Waals surface area (Å²) >= 11 is 0. The second kappa shape index (κ2) is 8.39. The SMILES string of the molecule is CC(C)OC(=O)[C@H](C)[N+]#CC[PH](=O)Oc1ccccc1. The Labute approximate surface area is 119 Å². The van der Waals surface area contributed by atoms with Crippen molar-refractivity contribution in [2.24, 2.45) is 0 Å². The van der Waals surface area contributed by atoms with Gasteiger partial charge in [-0.15, -0.1) is 0 Å². The largest absolute Gasteiger partial charge is 0.457 e. The van der Waals surface area contributed by atoms with E-state index in [1.807, 2.05) is 6.07 Å². The summed E-state index contributed by atoms with van der Waals surface area (Å²) in [5.74, 6) is 0.126. The van der Waals surface area contributed by atoms with Crippen LogP contribution in [0.4, 0.5) is 0 Å². The molecule has 0 saturated carbocycles. The monoisotopic (exact) mass is 296 g/mol. The van der Waals surface area contributed by atoms with E-state index < -0.39 is 20.0 Å². The van der Waals surface area contributed by atoms with Crippen LogP contribution < -0.4 is 4.52 Å². The molecule has 2 atom stereocenters. The Hall–Kier alpha value is -1.79. The number of carbonyl (C=O) groups excluding carboxylic acids is 1. The maximum absolute atomic E-state index is 11.7. The van der Waals surface area contributed by atoms with E-state index >= 15 is 0 Å². The Morgan fingerprint density at radius 2 is 1.95 bits per heavy atom. The van der Waals surface area contributed by atoms with Crippen molar-refractivity contribution in [3.8, 4) is 11.8 Å². The Bertz CT molecular complexity index is 519. The zero-order chi connectivity index (χ0) is 15.0. The molecule has 0 saturated heterocycles. The number of carbonyl (C=O) groups is 1. The minimum atomic E-state index is -2.29. The molecule has 0 fully saturated rings. The summed E-state index contributed by atoms with van der Waals surface area (Å²) in [6, 6.07) is 10.8. The van der Waals surface area contributed by atoms with Gasteiger partial charge in [-0.3, -0.25) is 4.57 Å². The van der Waals surface area contributed by atoms with E-state index in [4.69, 9.17) is 9.26 Å². The number of hydrogen-bond acceptors (Lipinski definition) is 4. The molecule has 1 aromatic rings. The molecule has 0 aromatic heterocycles. The van der Waals surface area contributed by atoms with Crippen LogP contribution in [-0.4, -0.2) is 24.3 Å². The number of nitrogens with zero attached hydrogens (tertiary/aromatic N) is 1. The third-order valence-electron chi connectivity index (χ3n) is 2.18. The van der Waals surface area contributed by atoms with Crippen molar-refractivity contribution in [3.63, 3.8) is 0 Å². The zero-order valence-corrected chi connectivity index (χ0v) is 12.8. The van der Waals surface area contributed by atoms with E-state index in [0.29, 0.717) is 5.75 Å². The summed E-state index contributed by atoms with van der Waals surface area (Å²) in [6.45, 7) is 5.14. The molecule has 1 aromatic carbocycles. The van der Waals surface area contributed by atoms with Crippen molar-refractivity contribution in [2.45, 2.75) is 32.9 Å². The molecule has 0 spiro atoms. The number of esters is 1. The summed E-state index contributed by atoms with van der Waals surface area (Å²) < 4.78 is 21.9. The van der Waals surface area contributed by atoms with Crippen molar-refractivity contribution in [3.05, 3.63) is 35.2 Å². The minimum absolute atomic E-state index is 0.0683. The molecule has 20 heavy (non-hydrogen) atoms. The Kier molecular flexibility index (Phi) is 6.83. The quantitative estimate of drug-likeness (QED) is 0.618. The van der Waals surface area contributed by atoms with Gasteiger partial charge in [0.05, 0.1) is 6.10 Å². The van der Waals surface area contributed by atoms with Gasteiger partial charge < -0.3 is 9.26 Å². The van der Waals surface area contributed by atoms with Gasteiger partial charge in [-0.25, -0.2) is 4.79 Å². The van der Waals surface area contributed by atoms with E-state index in [-0.39, 0.29) is 12.3 Å². The molecule has 0 aliphatic carbocycles. The van der Waals surface area contributed by atoms with Gasteiger partial charge in [0.1, 0.15) is 5.75 Å². The summed E-state index contributed by atoms with van der Waals surface area (Å²) in [5.41, 5.74) is 0. The van der Waals surface area contributed by atoms with Crippen LogP contribution in [-0.2, 0) is 14.1 Å². The summed E-state index contributed by atoms with van der Waals surface area (Å²) in [4.78, 5) is 15.3. The van der Waals surface area contributed by atoms with Gasteiger partial charge in [0.25, 0.3) is 14.1 Å². The number of rotatable bonds is 5. The van der Waals surface area contributed by atoms with E-state index in [2.05, 4.69) is 10.9 Å². The number of hydrogen-bond donors (Lipinski definition) is 0. The first-order chi connectivity index (χ1) is 9.49. The van der Waals surface area contributed by atoms with Gasteiger partial charge in [0.15, 0.2) is 6.16 Å². The average Bonchev–Trinajstić information content (AvgIpc) is 2.38. The van der Waals surface area contributed by atoms with Crippen LogP contribution in [0.25, 0.3) is 4.85 Å². The lowest BCUT2D eigenvalue weighted by atomic mass is 10.3. The molecule has 0 N–H and O–H groups in total. The number of ether oxygens (including phenoxy) is 1. The summed E-state index contributed by atoms with van der Waals surface area (Å²) in [7, 11) is -2.29. The standard InChI is InChI=1S/C14H19NO4P/c1-11(2)18-14(16)12(3)15-9-10-20(17)19-13-7-5-4-6-8-13/h4-8,11-12,20H,10H2,1-3H3/q+1/t12-/m0/s1. The fourth-order valence-corrected chi connectivity index (χ4v) is 1.98. The van der Waals surface area contributed by atoms with Gasteiger partial charge in [-0.2, -0.15) is 0 Å². The zero-order valence-electron chi connectivity index (χ0n) is 11.8. The molecule has 6 heteroatoms. The summed E-state index contributed by atoms with van der Waals surface area (Å²) in [5, 5.41) is 0. The van der Waals surface area contributed by atoms with Crippen molar-refractivity contribution in [2.75, 3.05) is 6.16 Å². The molecule has 0 radical (unpaired) electrons. The van der Waals surface area contributed by atoms with Gasteiger partial charge >= 0.3 is 12.0 Å². The fourth-order valence-electron chi connectivity index (χ4n) is 1.29. The molecule has 0 aliphatic heterocycles. The van der Waals surface area contributed by atoms with E-state index in [9.17, 15) is 9.36 Å².